The van der Waals surface area contributed by atoms with E-state index in [9.17, 15) is 14.1 Å². The number of likely N-dealkylation sites (tertiary alicyclic amines) is 1. The number of nitrogens with one attached hydrogen (secondary N) is 1. The number of hydrogen-bond donors (Lipinski definition) is 3. The van der Waals surface area contributed by atoms with Crippen molar-refractivity contribution in [2.45, 2.75) is 31.4 Å². The summed E-state index contributed by atoms with van der Waals surface area (Å²) in [6, 6.07) is 13.1. The molecule has 1 unspecified atom stereocenters. The van der Waals surface area contributed by atoms with E-state index in [1.807, 2.05) is 30.3 Å². The molecule has 0 saturated carbocycles. The van der Waals surface area contributed by atoms with Crippen LogP contribution in [0.2, 0.25) is 0 Å². The van der Waals surface area contributed by atoms with Crippen molar-refractivity contribution in [2.75, 3.05) is 45.2 Å². The number of rotatable bonds is 9. The van der Waals surface area contributed by atoms with Crippen LogP contribution in [0.4, 0.5) is 11.4 Å². The number of likely N-dealkylation sites (N-methyl/N-ethyl adjacent to an activating group) is 1. The van der Waals surface area contributed by atoms with Crippen LogP contribution in [0.15, 0.2) is 46.8 Å². The zero-order valence-corrected chi connectivity index (χ0v) is 20.6. The van der Waals surface area contributed by atoms with Gasteiger partial charge in [0.25, 0.3) is 5.91 Å². The highest BCUT2D eigenvalue weighted by Crippen LogP contribution is 2.39. The number of anilines is 1. The fourth-order valence-corrected chi connectivity index (χ4v) is 4.97. The van der Waals surface area contributed by atoms with E-state index in [0.717, 1.165) is 49.2 Å². The fourth-order valence-electron chi connectivity index (χ4n) is 4.62. The summed E-state index contributed by atoms with van der Waals surface area (Å²) in [4.78, 5) is 17.1. The summed E-state index contributed by atoms with van der Waals surface area (Å²) in [7, 11) is -0.198. The fraction of sp³-hybridized carbons (Fsp3) is 0.458. The van der Waals surface area contributed by atoms with Gasteiger partial charge in [-0.15, -0.1) is 0 Å². The first kappa shape index (κ1) is 25.4. The van der Waals surface area contributed by atoms with Crippen LogP contribution < -0.4 is 16.0 Å². The molecule has 4 N–H and O–H groups in total. The van der Waals surface area contributed by atoms with Crippen molar-refractivity contribution in [3.8, 4) is 5.75 Å². The number of fused-ring (bicyclic) bond motifs is 1. The minimum atomic E-state index is -1.99. The van der Waals surface area contributed by atoms with Crippen molar-refractivity contribution in [3.05, 3.63) is 53.6 Å². The van der Waals surface area contributed by atoms with Gasteiger partial charge in [-0.3, -0.25) is 9.69 Å². The smallest absolute Gasteiger partial charge is 0.260 e. The van der Waals surface area contributed by atoms with Crippen molar-refractivity contribution in [3.63, 3.8) is 0 Å². The van der Waals surface area contributed by atoms with E-state index in [2.05, 4.69) is 18.9 Å². The topological polar surface area (TPSA) is 130 Å². The summed E-state index contributed by atoms with van der Waals surface area (Å²) >= 11 is 0. The molecule has 1 saturated heterocycles. The number of hydrogen-bond acceptors (Lipinski definition) is 10. The maximum Gasteiger partial charge on any atom is 0.260 e. The van der Waals surface area contributed by atoms with Crippen molar-refractivity contribution < 1.29 is 23.1 Å². The van der Waals surface area contributed by atoms with Gasteiger partial charge in [0.15, 0.2) is 6.61 Å². The van der Waals surface area contributed by atoms with E-state index in [1.54, 1.807) is 24.1 Å². The summed E-state index contributed by atoms with van der Waals surface area (Å²) in [6.07, 6.45) is 2.06. The maximum atomic E-state index is 13.2. The van der Waals surface area contributed by atoms with E-state index >= 15 is 0 Å². The molecule has 0 aromatic heterocycles. The third-order valence-corrected chi connectivity index (χ3v) is 6.99. The number of ether oxygens (including phenoxy) is 1. The number of β-amino-alcohol motifs (C(OH)–C–C–N with tert-alkyl or cyclic N) is 1. The lowest BCUT2D eigenvalue weighted by Crippen LogP contribution is -2.41. The molecular weight excluding hydrogens is 470 g/mol. The predicted octanol–water partition coefficient (Wildman–Crippen LogP) is 2.27. The molecule has 2 aromatic carbocycles. The summed E-state index contributed by atoms with van der Waals surface area (Å²) in [5.74, 6) is 5.40. The molecule has 190 valence electrons. The van der Waals surface area contributed by atoms with Crippen LogP contribution in [0, 0.1) is 0 Å². The Kier molecular flexibility index (Phi) is 8.58. The van der Waals surface area contributed by atoms with Crippen molar-refractivity contribution >= 4 is 28.2 Å². The molecule has 1 fully saturated rings. The van der Waals surface area contributed by atoms with Gasteiger partial charge in [-0.1, -0.05) is 30.3 Å². The number of aliphatic hydroxyl groups is 1. The number of carbonyl (C=O) groups is 1. The second-order valence-corrected chi connectivity index (χ2v) is 9.60. The average molecular weight is 503 g/mol. The van der Waals surface area contributed by atoms with Gasteiger partial charge in [-0.05, 0) is 47.8 Å². The van der Waals surface area contributed by atoms with Crippen molar-refractivity contribution in [2.24, 2.45) is 10.3 Å². The quantitative estimate of drug-likeness (QED) is 0.352. The zero-order valence-electron chi connectivity index (χ0n) is 19.8. The Balaban J connectivity index is 1.49. The molecule has 2 aromatic rings. The Hall–Kier alpha value is -2.70. The Morgan fingerprint density at radius 2 is 2.14 bits per heavy atom. The molecular formula is C24H32N5O5S-. The highest BCUT2D eigenvalue weighted by molar-refractivity contribution is 7.69. The highest BCUT2D eigenvalue weighted by atomic mass is 32.2. The van der Waals surface area contributed by atoms with Crippen molar-refractivity contribution in [1.82, 2.24) is 9.80 Å². The molecule has 0 radical (unpaired) electrons. The summed E-state index contributed by atoms with van der Waals surface area (Å²) in [5.41, 5.74) is 3.10. The number of amides is 1. The van der Waals surface area contributed by atoms with Crippen molar-refractivity contribution in [1.29, 1.82) is 0 Å². The lowest BCUT2D eigenvalue weighted by Gasteiger charge is -2.32. The number of carbonyl (C=O) groups excluding carboxylic acids is 1. The number of aliphatic hydroxyl groups excluding tert-OH is 1. The van der Waals surface area contributed by atoms with Crippen LogP contribution in [0.25, 0.3) is 0 Å². The van der Waals surface area contributed by atoms with Crippen LogP contribution in [0.1, 0.15) is 30.0 Å². The normalized spacial score (nSPS) is 19.6. The second-order valence-electron chi connectivity index (χ2n) is 8.79. The van der Waals surface area contributed by atoms with Crippen LogP contribution in [0.5, 0.6) is 5.75 Å². The average Bonchev–Trinajstić information content (AvgIpc) is 3.31. The predicted molar refractivity (Wildman–Crippen MR) is 133 cm³/mol. The summed E-state index contributed by atoms with van der Waals surface area (Å²) < 4.78 is 25.9. The standard InChI is InChI=1S/C24H32N5O5S/c1-28(21(17-6-3-2-4-7-17)15-29-13-11-18(30)14-29)23(31)16-33-22-10-9-20(27-35(32)34-25)24-19(22)8-5-12-26-24/h2-4,6-7,9-10,18,21,26,30H,5,8,11-16,25H2,1H3/q-1/t18-,21?/m0/s1. The Bertz CT molecular complexity index is 1110. The monoisotopic (exact) mass is 502 g/mol. The summed E-state index contributed by atoms with van der Waals surface area (Å²) in [5, 5.41) is 13.2. The lowest BCUT2D eigenvalue weighted by molar-refractivity contribution is -0.134. The van der Waals surface area contributed by atoms with Gasteiger partial charge in [-0.25, -0.2) is 5.90 Å². The molecule has 0 aliphatic carbocycles. The molecule has 0 spiro atoms. The van der Waals surface area contributed by atoms with Crippen LogP contribution in [-0.2, 0) is 30.6 Å². The molecule has 1 amide bonds. The van der Waals surface area contributed by atoms with Gasteiger partial charge in [0.05, 0.1) is 23.5 Å². The largest absolute Gasteiger partial charge is 0.483 e. The Labute approximate surface area is 207 Å². The molecule has 35 heavy (non-hydrogen) atoms. The Morgan fingerprint density at radius 1 is 1.34 bits per heavy atom. The minimum absolute atomic E-state index is 0.122. The van der Waals surface area contributed by atoms with E-state index in [4.69, 9.17) is 10.6 Å². The van der Waals surface area contributed by atoms with E-state index in [1.165, 1.54) is 0 Å². The number of nitrogens with zero attached hydrogens (tertiary/aromatic N) is 3. The van der Waals surface area contributed by atoms with Gasteiger partial charge in [0, 0.05) is 38.8 Å². The first-order valence-corrected chi connectivity index (χ1v) is 12.7. The number of nitrogens with two attached hydrogens (primary N) is 1. The van der Waals surface area contributed by atoms with Crippen LogP contribution >= 0.6 is 0 Å². The minimum Gasteiger partial charge on any atom is -0.483 e. The molecule has 2 aliphatic rings. The first-order valence-electron chi connectivity index (χ1n) is 11.7. The maximum absolute atomic E-state index is 13.2. The lowest BCUT2D eigenvalue weighted by atomic mass is 10.0. The molecule has 2 atom stereocenters. The molecule has 2 heterocycles. The molecule has 4 rings (SSSR count). The summed E-state index contributed by atoms with van der Waals surface area (Å²) in [6.45, 7) is 2.68. The van der Waals surface area contributed by atoms with Crippen LogP contribution in [-0.4, -0.2) is 66.8 Å². The van der Waals surface area contributed by atoms with Gasteiger partial charge >= 0.3 is 0 Å². The Morgan fingerprint density at radius 3 is 2.86 bits per heavy atom. The third kappa shape index (κ3) is 6.30. The molecule has 0 bridgehead atoms. The zero-order chi connectivity index (χ0) is 24.8. The van der Waals surface area contributed by atoms with E-state index < -0.39 is 10.9 Å². The SMILES string of the molecule is CN(C(=O)COc1ccc(N=[S-](=O)ON)c2c1CCCN2)C(CN1CC[C@H](O)C1)c1ccccc1. The van der Waals surface area contributed by atoms with Gasteiger partial charge in [0.1, 0.15) is 5.75 Å². The van der Waals surface area contributed by atoms with E-state index in [0.29, 0.717) is 24.5 Å². The number of benzene rings is 2. The van der Waals surface area contributed by atoms with Gasteiger partial charge in [0.2, 0.25) is 0 Å². The van der Waals surface area contributed by atoms with Gasteiger partial charge < -0.3 is 32.9 Å². The van der Waals surface area contributed by atoms with E-state index in [-0.39, 0.29) is 24.7 Å². The molecule has 2 aliphatic heterocycles. The molecule has 10 nitrogen and oxygen atoms in total. The molecule has 11 heteroatoms. The second kappa shape index (κ2) is 11.8. The highest BCUT2D eigenvalue weighted by Gasteiger charge is 2.28. The third-order valence-electron chi connectivity index (χ3n) is 6.48. The van der Waals surface area contributed by atoms with Crippen LogP contribution in [0.3, 0.4) is 0 Å². The first-order chi connectivity index (χ1) is 17.0. The van der Waals surface area contributed by atoms with Gasteiger partial charge in [-0.2, -0.15) is 0 Å².